The van der Waals surface area contributed by atoms with E-state index in [9.17, 15) is 9.59 Å². The van der Waals surface area contributed by atoms with Gasteiger partial charge in [0.05, 0.1) is 11.4 Å². The van der Waals surface area contributed by atoms with Gasteiger partial charge < -0.3 is 25.0 Å². The average molecular weight is 635 g/mol. The van der Waals surface area contributed by atoms with Crippen molar-refractivity contribution in [3.63, 3.8) is 0 Å². The number of nitrogens with one attached hydrogen (secondary N) is 3. The Balaban J connectivity index is 0.944. The summed E-state index contributed by atoms with van der Waals surface area (Å²) in [5, 5.41) is 13.9. The molecule has 10 nitrogen and oxygen atoms in total. The number of aryl methyl sites for hydroxylation is 1. The Morgan fingerprint density at radius 1 is 0.830 bits per heavy atom. The number of nitrogens with zero attached hydrogens (tertiary/aromatic N) is 3. The number of fused-ring (bicyclic) bond motifs is 3. The highest BCUT2D eigenvalue weighted by Crippen LogP contribution is 2.41. The minimum Gasteiger partial charge on any atom is -0.454 e. The third-order valence-electron chi connectivity index (χ3n) is 9.42. The zero-order chi connectivity index (χ0) is 32.7. The van der Waals surface area contributed by atoms with Crippen molar-refractivity contribution in [3.05, 3.63) is 89.6 Å². The fraction of sp³-hybridized carbons (Fsp3) is 0.378. The minimum atomic E-state index is -0.325. The number of piperidine rings is 1. The molecule has 4 heterocycles. The van der Waals surface area contributed by atoms with Crippen LogP contribution in [0.2, 0.25) is 0 Å². The van der Waals surface area contributed by atoms with Crippen LogP contribution in [0.15, 0.2) is 72.8 Å². The molecule has 1 aromatic heterocycles. The lowest BCUT2D eigenvalue weighted by atomic mass is 9.86. The number of amides is 4. The second-order valence-electron chi connectivity index (χ2n) is 14.0. The van der Waals surface area contributed by atoms with Gasteiger partial charge in [-0.1, -0.05) is 50.6 Å². The Labute approximate surface area is 275 Å². The van der Waals surface area contributed by atoms with Crippen LogP contribution in [0.4, 0.5) is 26.8 Å². The highest BCUT2D eigenvalue weighted by atomic mass is 16.7. The fourth-order valence-corrected chi connectivity index (χ4v) is 7.01. The summed E-state index contributed by atoms with van der Waals surface area (Å²) in [4.78, 5) is 28.4. The standard InChI is InChI=1S/C37H42N6O4/c1-23-5-12-28(13-6-23)43-34(21-33(41-43)37(2,3)4)40-35(44)38-26-9-7-24(8-10-26)17-25-18-29-14-15-30(19-25)42(29)36(45)39-27-11-16-31-32(20-27)47-22-46-31/h5-13,16,20-21,25,29-30H,14-15,17-19,22H2,1-4H3,(H,39,45)(H2,38,40,44)/t25?,29-,30+. The minimum absolute atomic E-state index is 0.0416. The number of carbonyl (C=O) groups excluding carboxylic acids is 2. The molecule has 2 saturated heterocycles. The largest absolute Gasteiger partial charge is 0.454 e. The van der Waals surface area contributed by atoms with E-state index in [1.54, 1.807) is 4.68 Å². The van der Waals surface area contributed by atoms with E-state index in [1.807, 2.05) is 67.6 Å². The molecule has 3 aliphatic heterocycles. The molecular weight excluding hydrogens is 592 g/mol. The van der Waals surface area contributed by atoms with Crippen molar-refractivity contribution in [1.82, 2.24) is 14.7 Å². The molecule has 3 N–H and O–H groups in total. The number of benzene rings is 3. The van der Waals surface area contributed by atoms with Gasteiger partial charge in [0, 0.05) is 41.0 Å². The average Bonchev–Trinajstić information content (AvgIpc) is 3.74. The quantitative estimate of drug-likeness (QED) is 0.200. The number of urea groups is 2. The lowest BCUT2D eigenvalue weighted by Gasteiger charge is -2.39. The second-order valence-corrected chi connectivity index (χ2v) is 14.0. The summed E-state index contributed by atoms with van der Waals surface area (Å²) in [7, 11) is 0. The summed E-state index contributed by atoms with van der Waals surface area (Å²) in [6, 6.07) is 23.7. The molecule has 7 rings (SSSR count). The molecule has 0 saturated carbocycles. The van der Waals surface area contributed by atoms with Crippen molar-refractivity contribution in [2.45, 2.75) is 77.3 Å². The van der Waals surface area contributed by atoms with Gasteiger partial charge in [-0.05, 0) is 86.9 Å². The first kappa shape index (κ1) is 30.7. The van der Waals surface area contributed by atoms with Gasteiger partial charge in [0.25, 0.3) is 0 Å². The first-order valence-electron chi connectivity index (χ1n) is 16.4. The van der Waals surface area contributed by atoms with E-state index < -0.39 is 0 Å². The van der Waals surface area contributed by atoms with Gasteiger partial charge in [-0.15, -0.1) is 0 Å². The van der Waals surface area contributed by atoms with Crippen LogP contribution >= 0.6 is 0 Å². The number of carbonyl (C=O) groups is 2. The van der Waals surface area contributed by atoms with Crippen molar-refractivity contribution in [2.75, 3.05) is 22.7 Å². The molecule has 2 bridgehead atoms. The van der Waals surface area contributed by atoms with Crippen molar-refractivity contribution in [1.29, 1.82) is 0 Å². The van der Waals surface area contributed by atoms with Gasteiger partial charge in [0.15, 0.2) is 11.5 Å². The Kier molecular flexibility index (Phi) is 8.03. The number of anilines is 3. The van der Waals surface area contributed by atoms with E-state index in [2.05, 4.69) is 53.8 Å². The predicted octanol–water partition coefficient (Wildman–Crippen LogP) is 7.87. The van der Waals surface area contributed by atoms with E-state index in [0.29, 0.717) is 23.2 Å². The highest BCUT2D eigenvalue weighted by molar-refractivity contribution is 5.99. The number of hydrogen-bond donors (Lipinski definition) is 3. The van der Waals surface area contributed by atoms with Crippen LogP contribution in [0.3, 0.4) is 0 Å². The molecule has 3 atom stereocenters. The summed E-state index contributed by atoms with van der Waals surface area (Å²) in [5.74, 6) is 2.47. The molecule has 0 aliphatic carbocycles. The summed E-state index contributed by atoms with van der Waals surface area (Å²) in [6.07, 6.45) is 4.99. The van der Waals surface area contributed by atoms with E-state index in [0.717, 1.165) is 60.4 Å². The molecular formula is C37H42N6O4. The van der Waals surface area contributed by atoms with Gasteiger partial charge in [0.2, 0.25) is 6.79 Å². The predicted molar refractivity (Wildman–Crippen MR) is 183 cm³/mol. The van der Waals surface area contributed by atoms with E-state index >= 15 is 0 Å². The number of aromatic nitrogens is 2. The summed E-state index contributed by atoms with van der Waals surface area (Å²) in [5.41, 5.74) is 5.43. The molecule has 4 aromatic rings. The fourth-order valence-electron chi connectivity index (χ4n) is 7.01. The molecule has 3 aliphatic rings. The normalized spacial score (nSPS) is 19.8. The topological polar surface area (TPSA) is 110 Å². The summed E-state index contributed by atoms with van der Waals surface area (Å²) in [6.45, 7) is 8.57. The van der Waals surface area contributed by atoms with Crippen LogP contribution in [-0.2, 0) is 11.8 Å². The highest BCUT2D eigenvalue weighted by Gasteiger charge is 2.43. The molecule has 3 aromatic carbocycles. The first-order chi connectivity index (χ1) is 22.6. The lowest BCUT2D eigenvalue weighted by Crippen LogP contribution is -2.48. The van der Waals surface area contributed by atoms with Crippen LogP contribution in [0.5, 0.6) is 11.5 Å². The SMILES string of the molecule is Cc1ccc(-n2nc(C(C)(C)C)cc2NC(=O)Nc2ccc(CC3C[C@H]4CC[C@@H](C3)N4C(=O)Nc3ccc4c(c3)OCO4)cc2)cc1. The number of rotatable bonds is 6. The van der Waals surface area contributed by atoms with Crippen LogP contribution in [-0.4, -0.2) is 45.6 Å². The molecule has 47 heavy (non-hydrogen) atoms. The van der Waals surface area contributed by atoms with Crippen LogP contribution in [0, 0.1) is 12.8 Å². The first-order valence-corrected chi connectivity index (χ1v) is 16.4. The van der Waals surface area contributed by atoms with E-state index in [4.69, 9.17) is 14.6 Å². The monoisotopic (exact) mass is 634 g/mol. The van der Waals surface area contributed by atoms with Gasteiger partial charge in [-0.2, -0.15) is 5.10 Å². The lowest BCUT2D eigenvalue weighted by molar-refractivity contribution is 0.131. The Morgan fingerprint density at radius 3 is 2.21 bits per heavy atom. The number of hydrogen-bond acceptors (Lipinski definition) is 5. The van der Waals surface area contributed by atoms with Crippen LogP contribution in [0.1, 0.15) is 63.3 Å². The maximum absolute atomic E-state index is 13.3. The Bertz CT molecular complexity index is 1760. The maximum atomic E-state index is 13.3. The molecule has 2 fully saturated rings. The third-order valence-corrected chi connectivity index (χ3v) is 9.42. The molecule has 0 spiro atoms. The molecule has 244 valence electrons. The van der Waals surface area contributed by atoms with Crippen LogP contribution < -0.4 is 25.4 Å². The molecule has 4 amide bonds. The van der Waals surface area contributed by atoms with Gasteiger partial charge in [-0.25, -0.2) is 14.3 Å². The van der Waals surface area contributed by atoms with Crippen molar-refractivity contribution >= 4 is 29.3 Å². The van der Waals surface area contributed by atoms with E-state index in [-0.39, 0.29) is 36.4 Å². The summed E-state index contributed by atoms with van der Waals surface area (Å²) >= 11 is 0. The maximum Gasteiger partial charge on any atom is 0.324 e. The Morgan fingerprint density at radius 2 is 1.51 bits per heavy atom. The third kappa shape index (κ3) is 6.63. The molecule has 1 unspecified atom stereocenters. The van der Waals surface area contributed by atoms with Gasteiger partial charge in [-0.3, -0.25) is 5.32 Å². The van der Waals surface area contributed by atoms with Gasteiger partial charge in [0.1, 0.15) is 5.82 Å². The van der Waals surface area contributed by atoms with Crippen molar-refractivity contribution in [3.8, 4) is 17.2 Å². The molecule has 0 radical (unpaired) electrons. The van der Waals surface area contributed by atoms with Crippen LogP contribution in [0.25, 0.3) is 5.69 Å². The molecule has 10 heteroatoms. The van der Waals surface area contributed by atoms with Crippen molar-refractivity contribution in [2.24, 2.45) is 5.92 Å². The second kappa shape index (κ2) is 12.3. The Hall–Kier alpha value is -4.99. The zero-order valence-electron chi connectivity index (χ0n) is 27.4. The van der Waals surface area contributed by atoms with Gasteiger partial charge >= 0.3 is 12.1 Å². The van der Waals surface area contributed by atoms with Crippen molar-refractivity contribution < 1.29 is 19.1 Å². The number of ether oxygens (including phenoxy) is 2. The van der Waals surface area contributed by atoms with E-state index in [1.165, 1.54) is 5.56 Å². The zero-order valence-corrected chi connectivity index (χ0v) is 27.4. The summed E-state index contributed by atoms with van der Waals surface area (Å²) < 4.78 is 12.6. The smallest absolute Gasteiger partial charge is 0.324 e.